The van der Waals surface area contributed by atoms with Crippen molar-refractivity contribution in [2.24, 2.45) is 0 Å². The van der Waals surface area contributed by atoms with E-state index in [4.69, 9.17) is 5.11 Å². The summed E-state index contributed by atoms with van der Waals surface area (Å²) in [7, 11) is -3.23. The molecule has 0 aromatic rings. The molecule has 1 aliphatic rings. The summed E-state index contributed by atoms with van der Waals surface area (Å²) in [6, 6.07) is -0.638. The molecule has 0 saturated carbocycles. The number of esters is 1. The third-order valence-corrected chi connectivity index (χ3v) is 4.87. The molecular weight excluding hydrogens is 302 g/mol. The van der Waals surface area contributed by atoms with E-state index in [1.807, 2.05) is 0 Å². The lowest BCUT2D eigenvalue weighted by Crippen LogP contribution is -2.44. The molecular formula is C12H19NO7S. The lowest BCUT2D eigenvalue weighted by atomic mass is 10.2. The summed E-state index contributed by atoms with van der Waals surface area (Å²) in [5.74, 6) is -2.60. The molecule has 0 bridgehead atoms. The SMILES string of the molecule is CCOC(=O)CCC(=O)N(CC(=O)O)C1CCS(=O)(=O)C1. The number of carboxylic acids is 1. The second-order valence-electron chi connectivity index (χ2n) is 4.78. The summed E-state index contributed by atoms with van der Waals surface area (Å²) in [5, 5.41) is 8.85. The number of carbonyl (C=O) groups is 3. The Kier molecular flexibility index (Phi) is 6.13. The molecule has 0 spiro atoms. The van der Waals surface area contributed by atoms with Crippen LogP contribution in [0.4, 0.5) is 0 Å². The van der Waals surface area contributed by atoms with Crippen molar-refractivity contribution in [1.82, 2.24) is 4.90 Å². The first kappa shape index (κ1) is 17.4. The fourth-order valence-electron chi connectivity index (χ4n) is 2.17. The summed E-state index contributed by atoms with van der Waals surface area (Å²) in [6.07, 6.45) is -0.119. The molecule has 1 N–H and O–H groups in total. The van der Waals surface area contributed by atoms with Crippen molar-refractivity contribution in [3.8, 4) is 0 Å². The molecule has 1 fully saturated rings. The topological polar surface area (TPSA) is 118 Å². The average Bonchev–Trinajstić information content (AvgIpc) is 2.73. The first-order valence-corrected chi connectivity index (χ1v) is 8.44. The quantitative estimate of drug-likeness (QED) is 0.624. The van der Waals surface area contributed by atoms with Gasteiger partial charge < -0.3 is 14.7 Å². The average molecular weight is 321 g/mol. The predicted molar refractivity (Wildman–Crippen MR) is 72.3 cm³/mol. The van der Waals surface area contributed by atoms with E-state index >= 15 is 0 Å². The maximum atomic E-state index is 12.0. The van der Waals surface area contributed by atoms with E-state index < -0.39 is 40.3 Å². The van der Waals surface area contributed by atoms with E-state index in [0.717, 1.165) is 4.90 Å². The number of ether oxygens (including phenoxy) is 1. The third kappa shape index (κ3) is 5.70. The van der Waals surface area contributed by atoms with Crippen molar-refractivity contribution in [3.63, 3.8) is 0 Å². The van der Waals surface area contributed by atoms with Crippen molar-refractivity contribution in [2.45, 2.75) is 32.2 Å². The zero-order valence-electron chi connectivity index (χ0n) is 11.8. The molecule has 0 aromatic heterocycles. The van der Waals surface area contributed by atoms with Crippen LogP contribution in [-0.4, -0.2) is 67.0 Å². The van der Waals surface area contributed by atoms with Crippen molar-refractivity contribution in [2.75, 3.05) is 24.7 Å². The maximum absolute atomic E-state index is 12.0. The van der Waals surface area contributed by atoms with Crippen LogP contribution < -0.4 is 0 Å². The van der Waals surface area contributed by atoms with E-state index in [1.165, 1.54) is 0 Å². The van der Waals surface area contributed by atoms with Gasteiger partial charge in [-0.15, -0.1) is 0 Å². The minimum Gasteiger partial charge on any atom is -0.480 e. The van der Waals surface area contributed by atoms with Gasteiger partial charge in [0, 0.05) is 12.5 Å². The van der Waals surface area contributed by atoms with Gasteiger partial charge in [-0.25, -0.2) is 8.42 Å². The smallest absolute Gasteiger partial charge is 0.323 e. The Bertz CT molecular complexity index is 514. The molecule has 1 saturated heterocycles. The Morgan fingerprint density at radius 2 is 1.95 bits per heavy atom. The van der Waals surface area contributed by atoms with Crippen LogP contribution in [0.2, 0.25) is 0 Å². The van der Waals surface area contributed by atoms with Crippen LogP contribution in [-0.2, 0) is 29.0 Å². The Hall–Kier alpha value is -1.64. The Morgan fingerprint density at radius 1 is 1.29 bits per heavy atom. The first-order valence-electron chi connectivity index (χ1n) is 6.62. The summed E-state index contributed by atoms with van der Waals surface area (Å²) < 4.78 is 27.6. The van der Waals surface area contributed by atoms with E-state index in [1.54, 1.807) is 6.92 Å². The maximum Gasteiger partial charge on any atom is 0.323 e. The van der Waals surface area contributed by atoms with Crippen LogP contribution in [0.25, 0.3) is 0 Å². The summed E-state index contributed by atoms with van der Waals surface area (Å²) in [6.45, 7) is 1.27. The van der Waals surface area contributed by atoms with Crippen LogP contribution >= 0.6 is 0 Å². The summed E-state index contributed by atoms with van der Waals surface area (Å²) in [5.41, 5.74) is 0. The molecule has 8 nitrogen and oxygen atoms in total. The number of amides is 1. The van der Waals surface area contributed by atoms with Crippen LogP contribution in [0.5, 0.6) is 0 Å². The van der Waals surface area contributed by atoms with Crippen LogP contribution in [0, 0.1) is 0 Å². The molecule has 0 radical (unpaired) electrons. The van der Waals surface area contributed by atoms with Crippen molar-refractivity contribution < 1.29 is 32.6 Å². The third-order valence-electron chi connectivity index (χ3n) is 3.12. The van der Waals surface area contributed by atoms with Gasteiger partial charge in [0.2, 0.25) is 5.91 Å². The summed E-state index contributed by atoms with van der Waals surface area (Å²) in [4.78, 5) is 35.1. The van der Waals surface area contributed by atoms with Gasteiger partial charge in [-0.1, -0.05) is 0 Å². The largest absolute Gasteiger partial charge is 0.480 e. The lowest BCUT2D eigenvalue weighted by Gasteiger charge is -2.26. The minimum absolute atomic E-state index is 0.0566. The van der Waals surface area contributed by atoms with Gasteiger partial charge in [-0.2, -0.15) is 0 Å². The molecule has 1 aliphatic heterocycles. The number of rotatable bonds is 7. The molecule has 0 aliphatic carbocycles. The predicted octanol–water partition coefficient (Wildman–Crippen LogP) is -0.570. The van der Waals surface area contributed by atoms with Gasteiger partial charge in [-0.05, 0) is 13.3 Å². The molecule has 9 heteroatoms. The van der Waals surface area contributed by atoms with Gasteiger partial charge in [-0.3, -0.25) is 14.4 Å². The first-order chi connectivity index (χ1) is 9.75. The number of hydrogen-bond acceptors (Lipinski definition) is 6. The molecule has 1 heterocycles. The fourth-order valence-corrected chi connectivity index (χ4v) is 3.90. The van der Waals surface area contributed by atoms with Gasteiger partial charge in [0.25, 0.3) is 0 Å². The number of carboxylic acid groups (broad SMARTS) is 1. The van der Waals surface area contributed by atoms with Gasteiger partial charge in [0.05, 0.1) is 24.5 Å². The number of hydrogen-bond donors (Lipinski definition) is 1. The highest BCUT2D eigenvalue weighted by Gasteiger charge is 2.35. The van der Waals surface area contributed by atoms with E-state index in [2.05, 4.69) is 4.74 Å². The number of aliphatic carboxylic acids is 1. The monoisotopic (exact) mass is 321 g/mol. The number of sulfone groups is 1. The normalized spacial score (nSPS) is 20.0. The van der Waals surface area contributed by atoms with Gasteiger partial charge in [0.1, 0.15) is 6.54 Å². The van der Waals surface area contributed by atoms with Crippen LogP contribution in [0.3, 0.4) is 0 Å². The summed E-state index contributed by atoms with van der Waals surface area (Å²) >= 11 is 0. The molecule has 1 unspecified atom stereocenters. The molecule has 1 rings (SSSR count). The highest BCUT2D eigenvalue weighted by molar-refractivity contribution is 7.91. The number of nitrogens with zero attached hydrogens (tertiary/aromatic N) is 1. The number of carbonyl (C=O) groups excluding carboxylic acids is 2. The van der Waals surface area contributed by atoms with Crippen LogP contribution in [0.1, 0.15) is 26.2 Å². The fraction of sp³-hybridized carbons (Fsp3) is 0.750. The van der Waals surface area contributed by atoms with Gasteiger partial charge in [0.15, 0.2) is 9.84 Å². The van der Waals surface area contributed by atoms with Crippen molar-refractivity contribution >= 4 is 27.7 Å². The second kappa shape index (κ2) is 7.39. The second-order valence-corrected chi connectivity index (χ2v) is 7.01. The van der Waals surface area contributed by atoms with Gasteiger partial charge >= 0.3 is 11.9 Å². The van der Waals surface area contributed by atoms with E-state index in [0.29, 0.717) is 0 Å². The Balaban J connectivity index is 2.67. The Morgan fingerprint density at radius 3 is 2.43 bits per heavy atom. The van der Waals surface area contributed by atoms with E-state index in [9.17, 15) is 22.8 Å². The minimum atomic E-state index is -3.23. The van der Waals surface area contributed by atoms with Crippen molar-refractivity contribution in [1.29, 1.82) is 0 Å². The highest BCUT2D eigenvalue weighted by Crippen LogP contribution is 2.19. The standard InChI is InChI=1S/C12H19NO7S/c1-2-20-12(17)4-3-10(14)13(7-11(15)16)9-5-6-21(18,19)8-9/h9H,2-8H2,1H3,(H,15,16). The zero-order valence-corrected chi connectivity index (χ0v) is 12.6. The molecule has 120 valence electrons. The van der Waals surface area contributed by atoms with E-state index in [-0.39, 0.29) is 37.4 Å². The zero-order chi connectivity index (χ0) is 16.0. The Labute approximate surface area is 123 Å². The lowest BCUT2D eigenvalue weighted by molar-refractivity contribution is -0.148. The molecule has 1 amide bonds. The molecule has 21 heavy (non-hydrogen) atoms. The highest BCUT2D eigenvalue weighted by atomic mass is 32.2. The molecule has 0 aromatic carbocycles. The molecule has 1 atom stereocenters. The van der Waals surface area contributed by atoms with Crippen LogP contribution in [0.15, 0.2) is 0 Å². The van der Waals surface area contributed by atoms with Crippen molar-refractivity contribution in [3.05, 3.63) is 0 Å².